The molecule has 2 heterocycles. The summed E-state index contributed by atoms with van der Waals surface area (Å²) in [4.78, 5) is 31.6. The summed E-state index contributed by atoms with van der Waals surface area (Å²) in [5.41, 5.74) is 5.10. The lowest BCUT2D eigenvalue weighted by Crippen LogP contribution is -2.50. The number of imidazole rings is 1. The maximum Gasteiger partial charge on any atom is 0.323 e. The number of fused-ring (bicyclic) bond motifs is 1. The second-order valence-corrected chi connectivity index (χ2v) is 10.5. The lowest BCUT2D eigenvalue weighted by molar-refractivity contribution is -0.117. The summed E-state index contributed by atoms with van der Waals surface area (Å²) in [6.45, 7) is 9.35. The summed E-state index contributed by atoms with van der Waals surface area (Å²) in [6.07, 6.45) is 0. The van der Waals surface area contributed by atoms with Crippen molar-refractivity contribution in [2.75, 3.05) is 38.0 Å². The fourth-order valence-electron chi connectivity index (χ4n) is 4.34. The molecule has 0 atom stereocenters. The number of nitrogens with zero attached hydrogens (tertiary/aromatic N) is 2. The van der Waals surface area contributed by atoms with Crippen LogP contribution in [0.15, 0.2) is 34.0 Å². The molecule has 176 valence electrons. The Morgan fingerprint density at radius 3 is 2.18 bits per heavy atom. The van der Waals surface area contributed by atoms with Crippen molar-refractivity contribution in [2.45, 2.75) is 32.6 Å². The zero-order valence-electron chi connectivity index (χ0n) is 19.3. The summed E-state index contributed by atoms with van der Waals surface area (Å²) in [7, 11) is -3.61. The van der Waals surface area contributed by atoms with Crippen LogP contribution in [0, 0.1) is 27.7 Å². The molecule has 0 aliphatic carbocycles. The molecule has 3 aromatic rings. The maximum absolute atomic E-state index is 13.4. The molecule has 2 aromatic carbocycles. The number of benzene rings is 2. The molecule has 1 aromatic heterocycles. The number of anilines is 1. The third-order valence-corrected chi connectivity index (χ3v) is 8.57. The Morgan fingerprint density at radius 1 is 0.939 bits per heavy atom. The van der Waals surface area contributed by atoms with E-state index < -0.39 is 10.0 Å². The van der Waals surface area contributed by atoms with E-state index >= 15 is 0 Å². The van der Waals surface area contributed by atoms with Crippen LogP contribution >= 0.6 is 0 Å². The van der Waals surface area contributed by atoms with Gasteiger partial charge >= 0.3 is 5.69 Å². The number of amides is 1. The van der Waals surface area contributed by atoms with Crippen LogP contribution in [0.25, 0.3) is 11.0 Å². The minimum atomic E-state index is -3.61. The first-order valence-electron chi connectivity index (χ1n) is 10.9. The Hall–Kier alpha value is -2.95. The topological polar surface area (TPSA) is 118 Å². The summed E-state index contributed by atoms with van der Waals surface area (Å²) in [5, 5.41) is 2.84. The van der Waals surface area contributed by atoms with E-state index in [-0.39, 0.29) is 18.1 Å². The lowest BCUT2D eigenvalue weighted by Gasteiger charge is -2.34. The number of aryl methyl sites for hydroxylation is 2. The lowest BCUT2D eigenvalue weighted by atomic mass is 10.0. The first-order chi connectivity index (χ1) is 15.6. The SMILES string of the molecule is Cc1cc(C)c(C)c(S(=O)(=O)N2CCN(CC(=O)Nc3ccc4[nH]c(=O)[nH]c4c3)CC2)c1C. The number of H-pyrrole nitrogens is 2. The minimum Gasteiger partial charge on any atom is -0.325 e. The predicted octanol–water partition coefficient (Wildman–Crippen LogP) is 2.03. The number of carbonyl (C=O) groups excluding carboxylic acids is 1. The number of aromatic nitrogens is 2. The molecule has 1 fully saturated rings. The monoisotopic (exact) mass is 471 g/mol. The molecule has 1 amide bonds. The van der Waals surface area contributed by atoms with Gasteiger partial charge in [0.2, 0.25) is 15.9 Å². The number of hydrogen-bond donors (Lipinski definition) is 3. The molecule has 1 aliphatic heterocycles. The Bertz CT molecular complexity index is 1360. The van der Waals surface area contributed by atoms with E-state index in [0.29, 0.717) is 47.8 Å². The number of nitrogens with one attached hydrogen (secondary N) is 3. The summed E-state index contributed by atoms with van der Waals surface area (Å²) in [6, 6.07) is 7.17. The van der Waals surface area contributed by atoms with Crippen LogP contribution in [0.2, 0.25) is 0 Å². The first-order valence-corrected chi connectivity index (χ1v) is 12.3. The highest BCUT2D eigenvalue weighted by Crippen LogP contribution is 2.29. The van der Waals surface area contributed by atoms with E-state index in [1.165, 1.54) is 4.31 Å². The van der Waals surface area contributed by atoms with Gasteiger partial charge in [0.05, 0.1) is 22.5 Å². The van der Waals surface area contributed by atoms with E-state index in [4.69, 9.17) is 0 Å². The molecule has 9 nitrogen and oxygen atoms in total. The Labute approximate surface area is 192 Å². The van der Waals surface area contributed by atoms with Crippen molar-refractivity contribution in [2.24, 2.45) is 0 Å². The van der Waals surface area contributed by atoms with Gasteiger partial charge in [-0.2, -0.15) is 4.31 Å². The zero-order valence-corrected chi connectivity index (χ0v) is 20.1. The Balaban J connectivity index is 1.39. The fourth-order valence-corrected chi connectivity index (χ4v) is 6.34. The Morgan fingerprint density at radius 2 is 1.55 bits per heavy atom. The third kappa shape index (κ3) is 4.59. The number of sulfonamides is 1. The zero-order chi connectivity index (χ0) is 23.9. The van der Waals surface area contributed by atoms with Crippen molar-refractivity contribution in [1.29, 1.82) is 0 Å². The fraction of sp³-hybridized carbons (Fsp3) is 0.391. The van der Waals surface area contributed by atoms with E-state index in [1.807, 2.05) is 38.7 Å². The second kappa shape index (κ2) is 8.77. The van der Waals surface area contributed by atoms with Gasteiger partial charge in [0.1, 0.15) is 0 Å². The summed E-state index contributed by atoms with van der Waals surface area (Å²) < 4.78 is 28.3. The molecule has 0 spiro atoms. The smallest absolute Gasteiger partial charge is 0.323 e. The molecular formula is C23H29N5O4S. The largest absolute Gasteiger partial charge is 0.325 e. The summed E-state index contributed by atoms with van der Waals surface area (Å²) >= 11 is 0. The van der Waals surface area contributed by atoms with Crippen molar-refractivity contribution < 1.29 is 13.2 Å². The van der Waals surface area contributed by atoms with Gasteiger partial charge in [0, 0.05) is 31.9 Å². The van der Waals surface area contributed by atoms with Crippen LogP contribution in [0.3, 0.4) is 0 Å². The first kappa shape index (κ1) is 23.2. The minimum absolute atomic E-state index is 0.164. The van der Waals surface area contributed by atoms with Crippen LogP contribution in [0.1, 0.15) is 22.3 Å². The van der Waals surface area contributed by atoms with E-state index in [2.05, 4.69) is 15.3 Å². The molecule has 0 unspecified atom stereocenters. The van der Waals surface area contributed by atoms with E-state index in [0.717, 1.165) is 22.3 Å². The average Bonchev–Trinajstić information content (AvgIpc) is 3.12. The number of hydrogen-bond acceptors (Lipinski definition) is 5. The standard InChI is InChI=1S/C23H29N5O4S/c1-14-11-15(2)17(4)22(16(14)3)33(31,32)28-9-7-27(8-10-28)13-21(29)24-18-5-6-19-20(12-18)26-23(30)25-19/h5-6,11-12H,7-10,13H2,1-4H3,(H,24,29)(H2,25,26,30). The van der Waals surface area contributed by atoms with Crippen molar-refractivity contribution in [3.05, 3.63) is 57.0 Å². The van der Waals surface area contributed by atoms with Gasteiger partial charge in [-0.1, -0.05) is 6.07 Å². The number of carbonyl (C=O) groups is 1. The van der Waals surface area contributed by atoms with Crippen LogP contribution in [0.4, 0.5) is 5.69 Å². The van der Waals surface area contributed by atoms with Gasteiger partial charge < -0.3 is 15.3 Å². The average molecular weight is 472 g/mol. The number of piperazine rings is 1. The molecule has 0 saturated carbocycles. The van der Waals surface area contributed by atoms with E-state index in [1.54, 1.807) is 18.2 Å². The number of rotatable bonds is 5. The molecule has 33 heavy (non-hydrogen) atoms. The van der Waals surface area contributed by atoms with Gasteiger partial charge in [-0.25, -0.2) is 13.2 Å². The highest BCUT2D eigenvalue weighted by molar-refractivity contribution is 7.89. The van der Waals surface area contributed by atoms with Crippen LogP contribution < -0.4 is 11.0 Å². The van der Waals surface area contributed by atoms with Crippen molar-refractivity contribution >= 4 is 32.7 Å². The van der Waals surface area contributed by atoms with Crippen LogP contribution in [0.5, 0.6) is 0 Å². The Kier molecular flexibility index (Phi) is 6.17. The predicted molar refractivity (Wildman–Crippen MR) is 128 cm³/mol. The number of aromatic amines is 2. The molecule has 10 heteroatoms. The van der Waals surface area contributed by atoms with Crippen molar-refractivity contribution in [3.63, 3.8) is 0 Å². The molecular weight excluding hydrogens is 442 g/mol. The molecule has 4 rings (SSSR count). The van der Waals surface area contributed by atoms with Crippen molar-refractivity contribution in [3.8, 4) is 0 Å². The summed E-state index contributed by atoms with van der Waals surface area (Å²) in [5.74, 6) is -0.190. The molecule has 3 N–H and O–H groups in total. The van der Waals surface area contributed by atoms with Gasteiger partial charge in [-0.05, 0) is 68.1 Å². The van der Waals surface area contributed by atoms with Crippen LogP contribution in [-0.2, 0) is 14.8 Å². The van der Waals surface area contributed by atoms with Gasteiger partial charge in [-0.15, -0.1) is 0 Å². The maximum atomic E-state index is 13.4. The third-order valence-electron chi connectivity index (χ3n) is 6.39. The van der Waals surface area contributed by atoms with E-state index in [9.17, 15) is 18.0 Å². The molecule has 1 saturated heterocycles. The van der Waals surface area contributed by atoms with Gasteiger partial charge in [-0.3, -0.25) is 9.69 Å². The van der Waals surface area contributed by atoms with Crippen LogP contribution in [-0.4, -0.2) is 66.2 Å². The highest BCUT2D eigenvalue weighted by atomic mass is 32.2. The highest BCUT2D eigenvalue weighted by Gasteiger charge is 2.32. The quantitative estimate of drug-likeness (QED) is 0.526. The molecule has 0 bridgehead atoms. The van der Waals surface area contributed by atoms with Gasteiger partial charge in [0.15, 0.2) is 0 Å². The second-order valence-electron chi connectivity index (χ2n) is 8.66. The molecule has 1 aliphatic rings. The normalized spacial score (nSPS) is 15.8. The molecule has 0 radical (unpaired) electrons. The van der Waals surface area contributed by atoms with Gasteiger partial charge in [0.25, 0.3) is 0 Å². The van der Waals surface area contributed by atoms with Crippen molar-refractivity contribution in [1.82, 2.24) is 19.2 Å².